The van der Waals surface area contributed by atoms with Gasteiger partial charge in [-0.25, -0.2) is 5.48 Å². The van der Waals surface area contributed by atoms with E-state index < -0.39 is 0 Å². The van der Waals surface area contributed by atoms with Crippen molar-refractivity contribution in [2.24, 2.45) is 0 Å². The van der Waals surface area contributed by atoms with Gasteiger partial charge in [-0.1, -0.05) is 0 Å². The maximum atomic E-state index is 10.2. The quantitative estimate of drug-likeness (QED) is 0.460. The lowest BCUT2D eigenvalue weighted by atomic mass is 10.3. The van der Waals surface area contributed by atoms with Crippen LogP contribution in [0.5, 0.6) is 0 Å². The number of amides is 1. The van der Waals surface area contributed by atoms with Crippen molar-refractivity contribution in [2.45, 2.75) is 19.4 Å². The highest BCUT2D eigenvalue weighted by Gasteiger charge is 2.16. The van der Waals surface area contributed by atoms with Crippen molar-refractivity contribution < 1.29 is 9.63 Å². The Balaban J connectivity index is 2.40. The van der Waals surface area contributed by atoms with Gasteiger partial charge in [-0.2, -0.15) is 0 Å². The minimum absolute atomic E-state index is 0.0208. The molecule has 1 heterocycles. The molecule has 0 unspecified atom stereocenters. The van der Waals surface area contributed by atoms with E-state index in [-0.39, 0.29) is 12.0 Å². The maximum Gasteiger partial charge on any atom is 0.246 e. The van der Waals surface area contributed by atoms with Crippen LogP contribution in [0.3, 0.4) is 0 Å². The van der Waals surface area contributed by atoms with Gasteiger partial charge < -0.3 is 0 Å². The van der Waals surface area contributed by atoms with Crippen molar-refractivity contribution >= 4 is 5.91 Å². The second-order valence-electron chi connectivity index (χ2n) is 1.66. The Morgan fingerprint density at radius 2 is 2.71 bits per heavy atom. The summed E-state index contributed by atoms with van der Waals surface area (Å²) in [5, 5.41) is 0. The summed E-state index contributed by atoms with van der Waals surface area (Å²) in [6.45, 7) is 1.85. The van der Waals surface area contributed by atoms with Gasteiger partial charge in [-0.3, -0.25) is 9.63 Å². The van der Waals surface area contributed by atoms with Gasteiger partial charge in [0.25, 0.3) is 0 Å². The molecule has 1 saturated heterocycles. The van der Waals surface area contributed by atoms with Crippen LogP contribution in [-0.4, -0.2) is 12.0 Å². The first kappa shape index (κ1) is 4.59. The van der Waals surface area contributed by atoms with E-state index in [9.17, 15) is 4.79 Å². The predicted molar refractivity (Wildman–Crippen MR) is 23.3 cm³/mol. The highest BCUT2D eigenvalue weighted by molar-refractivity contribution is 5.76. The van der Waals surface area contributed by atoms with Gasteiger partial charge in [0.15, 0.2) is 0 Å². The van der Waals surface area contributed by atoms with Crippen LogP contribution < -0.4 is 5.48 Å². The number of hydroxylamine groups is 1. The lowest BCUT2D eigenvalue weighted by Crippen LogP contribution is -2.11. The molecule has 0 saturated carbocycles. The zero-order valence-corrected chi connectivity index (χ0v) is 4.10. The Bertz CT molecular complexity index is 91.7. The van der Waals surface area contributed by atoms with Gasteiger partial charge >= 0.3 is 0 Å². The molecule has 0 aromatic carbocycles. The standard InChI is InChI=1S/C4H7NO2/c1-3-2-4(6)5-7-3/h3H,2H2,1H3,(H,5,6)/t3-/m0/s1. The molecule has 1 rings (SSSR count). The SMILES string of the molecule is C[C@H]1CC(=O)NO1. The van der Waals surface area contributed by atoms with E-state index in [2.05, 4.69) is 10.3 Å². The summed E-state index contributed by atoms with van der Waals surface area (Å²) in [6.07, 6.45) is 0.562. The van der Waals surface area contributed by atoms with Crippen LogP contribution in [0, 0.1) is 0 Å². The third-order valence-electron chi connectivity index (χ3n) is 0.847. The molecule has 0 aromatic rings. The van der Waals surface area contributed by atoms with Crippen LogP contribution in [0.2, 0.25) is 0 Å². The first-order valence-electron chi connectivity index (χ1n) is 2.23. The second kappa shape index (κ2) is 1.50. The molecule has 3 heteroatoms. The van der Waals surface area contributed by atoms with Crippen LogP contribution in [0.4, 0.5) is 0 Å². The third-order valence-corrected chi connectivity index (χ3v) is 0.847. The molecule has 1 atom stereocenters. The minimum Gasteiger partial charge on any atom is -0.273 e. The number of hydrogen-bond donors (Lipinski definition) is 1. The number of nitrogens with one attached hydrogen (secondary N) is 1. The summed E-state index contributed by atoms with van der Waals surface area (Å²) in [6, 6.07) is 0. The van der Waals surface area contributed by atoms with E-state index >= 15 is 0 Å². The van der Waals surface area contributed by atoms with Crippen molar-refractivity contribution in [3.63, 3.8) is 0 Å². The average molecular weight is 101 g/mol. The Kier molecular flexibility index (Phi) is 0.982. The van der Waals surface area contributed by atoms with E-state index in [1.54, 1.807) is 0 Å². The first-order valence-corrected chi connectivity index (χ1v) is 2.23. The van der Waals surface area contributed by atoms with Gasteiger partial charge in [-0.15, -0.1) is 0 Å². The van der Waals surface area contributed by atoms with Crippen molar-refractivity contribution in [1.29, 1.82) is 0 Å². The Labute approximate surface area is 41.6 Å². The van der Waals surface area contributed by atoms with Crippen LogP contribution in [-0.2, 0) is 9.63 Å². The summed E-state index contributed by atoms with van der Waals surface area (Å²) in [7, 11) is 0. The molecule has 3 nitrogen and oxygen atoms in total. The molecule has 0 radical (unpaired) electrons. The number of rotatable bonds is 0. The van der Waals surface area contributed by atoms with E-state index in [0.717, 1.165) is 0 Å². The molecule has 1 fully saturated rings. The predicted octanol–water partition coefficient (Wildman–Crippen LogP) is -0.174. The number of carbonyl (C=O) groups is 1. The summed E-state index contributed by atoms with van der Waals surface area (Å²) in [5.74, 6) is -0.0208. The summed E-state index contributed by atoms with van der Waals surface area (Å²) in [4.78, 5) is 14.9. The fraction of sp³-hybridized carbons (Fsp3) is 0.750. The summed E-state index contributed by atoms with van der Waals surface area (Å²) in [5.41, 5.74) is 2.23. The third kappa shape index (κ3) is 0.899. The molecule has 0 aromatic heterocycles. The van der Waals surface area contributed by atoms with Crippen molar-refractivity contribution in [3.05, 3.63) is 0 Å². The van der Waals surface area contributed by atoms with Crippen LogP contribution in [0.25, 0.3) is 0 Å². The molecule has 0 spiro atoms. The summed E-state index contributed by atoms with van der Waals surface area (Å²) < 4.78 is 0. The number of carbonyl (C=O) groups excluding carboxylic acids is 1. The molecule has 0 aliphatic carbocycles. The summed E-state index contributed by atoms with van der Waals surface area (Å²) >= 11 is 0. The molecule has 1 N–H and O–H groups in total. The Morgan fingerprint density at radius 1 is 2.00 bits per heavy atom. The van der Waals surface area contributed by atoms with Crippen molar-refractivity contribution in [2.75, 3.05) is 0 Å². The fourth-order valence-electron chi connectivity index (χ4n) is 0.511. The van der Waals surface area contributed by atoms with Crippen molar-refractivity contribution in [1.82, 2.24) is 5.48 Å². The highest BCUT2D eigenvalue weighted by Crippen LogP contribution is 2.00. The normalized spacial score (nSPS) is 30.4. The average Bonchev–Trinajstić information content (AvgIpc) is 1.87. The van der Waals surface area contributed by atoms with E-state index in [1.807, 2.05) is 6.92 Å². The molecular formula is C4H7NO2. The zero-order chi connectivity index (χ0) is 5.28. The molecular weight excluding hydrogens is 94.0 g/mol. The lowest BCUT2D eigenvalue weighted by molar-refractivity contribution is -0.124. The molecule has 1 aliphatic rings. The second-order valence-corrected chi connectivity index (χ2v) is 1.66. The topological polar surface area (TPSA) is 38.3 Å². The minimum atomic E-state index is -0.0208. The van der Waals surface area contributed by atoms with E-state index in [1.165, 1.54) is 0 Å². The van der Waals surface area contributed by atoms with E-state index in [0.29, 0.717) is 6.42 Å². The lowest BCUT2D eigenvalue weighted by Gasteiger charge is -1.91. The van der Waals surface area contributed by atoms with Gasteiger partial charge in [0.05, 0.1) is 12.5 Å². The number of hydrogen-bond acceptors (Lipinski definition) is 2. The largest absolute Gasteiger partial charge is 0.273 e. The van der Waals surface area contributed by atoms with Crippen LogP contribution in [0.1, 0.15) is 13.3 Å². The van der Waals surface area contributed by atoms with Crippen molar-refractivity contribution in [3.8, 4) is 0 Å². The van der Waals surface area contributed by atoms with Gasteiger partial charge in [0.1, 0.15) is 0 Å². The highest BCUT2D eigenvalue weighted by atomic mass is 16.7. The molecule has 1 aliphatic heterocycles. The van der Waals surface area contributed by atoms with Gasteiger partial charge in [0, 0.05) is 0 Å². The Morgan fingerprint density at radius 3 is 2.86 bits per heavy atom. The molecule has 0 bridgehead atoms. The van der Waals surface area contributed by atoms with Gasteiger partial charge in [-0.05, 0) is 6.92 Å². The van der Waals surface area contributed by atoms with Crippen LogP contribution >= 0.6 is 0 Å². The molecule has 7 heavy (non-hydrogen) atoms. The fourth-order valence-corrected chi connectivity index (χ4v) is 0.511. The van der Waals surface area contributed by atoms with E-state index in [4.69, 9.17) is 0 Å². The Hall–Kier alpha value is -0.570. The molecule has 40 valence electrons. The monoisotopic (exact) mass is 101 g/mol. The van der Waals surface area contributed by atoms with Gasteiger partial charge in [0.2, 0.25) is 5.91 Å². The smallest absolute Gasteiger partial charge is 0.246 e. The maximum absolute atomic E-state index is 10.2. The van der Waals surface area contributed by atoms with Crippen LogP contribution in [0.15, 0.2) is 0 Å². The zero-order valence-electron chi connectivity index (χ0n) is 4.10. The first-order chi connectivity index (χ1) is 3.29. The molecule has 1 amide bonds.